The van der Waals surface area contributed by atoms with E-state index in [1.807, 2.05) is 26.0 Å². The summed E-state index contributed by atoms with van der Waals surface area (Å²) in [4.78, 5) is 26.8. The number of likely N-dealkylation sites (tertiary alicyclic amines) is 1. The Morgan fingerprint density at radius 1 is 1.00 bits per heavy atom. The number of phenolic OH excluding ortho intramolecular Hbond substituents is 1. The van der Waals surface area contributed by atoms with Crippen molar-refractivity contribution < 1.29 is 19.8 Å². The number of ketones is 1. The lowest BCUT2D eigenvalue weighted by atomic mass is 9.95. The molecule has 2 N–H and O–H groups in total. The Hall–Kier alpha value is -3.08. The number of benzene rings is 2. The summed E-state index contributed by atoms with van der Waals surface area (Å²) in [7, 11) is 0. The average molecular weight is 365 g/mol. The van der Waals surface area contributed by atoms with Crippen molar-refractivity contribution in [1.82, 2.24) is 4.90 Å². The van der Waals surface area contributed by atoms with Crippen molar-refractivity contribution in [3.8, 4) is 5.75 Å². The smallest absolute Gasteiger partial charge is 0.295 e. The lowest BCUT2D eigenvalue weighted by Crippen LogP contribution is -2.30. The average Bonchev–Trinajstić information content (AvgIpc) is 2.93. The molecule has 1 aliphatic rings. The SMILES string of the molecule is CCCN1C(=O)C(=O)/C(=C(\O)c2ccc(CC)cc2)C1c1ccc(O)cc1. The first-order valence-corrected chi connectivity index (χ1v) is 9.14. The van der Waals surface area contributed by atoms with Crippen molar-refractivity contribution in [3.05, 3.63) is 70.8 Å². The molecule has 140 valence electrons. The van der Waals surface area contributed by atoms with Gasteiger partial charge in [-0.2, -0.15) is 0 Å². The van der Waals surface area contributed by atoms with Gasteiger partial charge in [0.2, 0.25) is 0 Å². The highest BCUT2D eigenvalue weighted by atomic mass is 16.3. The Morgan fingerprint density at radius 2 is 1.63 bits per heavy atom. The Kier molecular flexibility index (Phi) is 5.31. The second-order valence-corrected chi connectivity index (χ2v) is 6.63. The third-order valence-electron chi connectivity index (χ3n) is 4.85. The summed E-state index contributed by atoms with van der Waals surface area (Å²) < 4.78 is 0. The molecule has 0 saturated carbocycles. The molecule has 0 aliphatic carbocycles. The minimum absolute atomic E-state index is 0.0865. The van der Waals surface area contributed by atoms with E-state index in [0.717, 1.165) is 12.0 Å². The number of amides is 1. The standard InChI is InChI=1S/C22H23NO4/c1-3-13-23-19(15-9-11-17(24)12-10-15)18(21(26)22(23)27)20(25)16-7-5-14(4-2)6-8-16/h5-12,19,24-25H,3-4,13H2,1-2H3/b20-18-. The van der Waals surface area contributed by atoms with E-state index in [9.17, 15) is 19.8 Å². The number of phenols is 1. The number of nitrogens with zero attached hydrogens (tertiary/aromatic N) is 1. The number of aliphatic hydroxyl groups excluding tert-OH is 1. The highest BCUT2D eigenvalue weighted by Gasteiger charge is 2.45. The van der Waals surface area contributed by atoms with Gasteiger partial charge in [0.25, 0.3) is 11.7 Å². The fourth-order valence-corrected chi connectivity index (χ4v) is 3.41. The van der Waals surface area contributed by atoms with Crippen LogP contribution in [0.2, 0.25) is 0 Å². The third-order valence-corrected chi connectivity index (χ3v) is 4.85. The first kappa shape index (κ1) is 18.7. The minimum Gasteiger partial charge on any atom is -0.508 e. The van der Waals surface area contributed by atoms with E-state index in [1.165, 1.54) is 17.0 Å². The zero-order chi connectivity index (χ0) is 19.6. The van der Waals surface area contributed by atoms with Crippen molar-refractivity contribution in [2.24, 2.45) is 0 Å². The molecule has 5 heteroatoms. The van der Waals surface area contributed by atoms with E-state index in [0.29, 0.717) is 24.1 Å². The number of carbonyl (C=O) groups is 2. The van der Waals surface area contributed by atoms with Crippen molar-refractivity contribution in [2.75, 3.05) is 6.54 Å². The van der Waals surface area contributed by atoms with Gasteiger partial charge in [-0.3, -0.25) is 9.59 Å². The molecular formula is C22H23NO4. The first-order valence-electron chi connectivity index (χ1n) is 9.14. The fourth-order valence-electron chi connectivity index (χ4n) is 3.41. The molecule has 0 radical (unpaired) electrons. The highest BCUT2D eigenvalue weighted by molar-refractivity contribution is 6.46. The number of aryl methyl sites for hydroxylation is 1. The van der Waals surface area contributed by atoms with E-state index in [2.05, 4.69) is 0 Å². The maximum atomic E-state index is 12.7. The fraction of sp³-hybridized carbons (Fsp3) is 0.273. The van der Waals surface area contributed by atoms with Crippen LogP contribution in [0.3, 0.4) is 0 Å². The summed E-state index contributed by atoms with van der Waals surface area (Å²) in [5.41, 5.74) is 2.38. The third kappa shape index (κ3) is 3.45. The molecule has 0 bridgehead atoms. The van der Waals surface area contributed by atoms with Crippen LogP contribution in [0.1, 0.15) is 43.0 Å². The van der Waals surface area contributed by atoms with Crippen LogP contribution in [0.15, 0.2) is 54.1 Å². The normalized spacial score (nSPS) is 18.9. The molecule has 1 aliphatic heterocycles. The summed E-state index contributed by atoms with van der Waals surface area (Å²) in [5.74, 6) is -1.37. The van der Waals surface area contributed by atoms with Crippen LogP contribution >= 0.6 is 0 Å². The predicted octanol–water partition coefficient (Wildman–Crippen LogP) is 3.79. The van der Waals surface area contributed by atoms with Gasteiger partial charge in [-0.05, 0) is 36.1 Å². The molecule has 0 aromatic heterocycles. The van der Waals surface area contributed by atoms with Crippen LogP contribution in [0.4, 0.5) is 0 Å². The van der Waals surface area contributed by atoms with Crippen molar-refractivity contribution in [1.29, 1.82) is 0 Å². The monoisotopic (exact) mass is 365 g/mol. The molecule has 2 aromatic rings. The zero-order valence-electron chi connectivity index (χ0n) is 15.5. The van der Waals surface area contributed by atoms with E-state index in [-0.39, 0.29) is 17.1 Å². The minimum atomic E-state index is -0.682. The molecule has 1 amide bonds. The molecule has 1 unspecified atom stereocenters. The van der Waals surface area contributed by atoms with Gasteiger partial charge in [-0.25, -0.2) is 0 Å². The number of Topliss-reactive ketones (excluding diaryl/α,β-unsaturated/α-hetero) is 1. The lowest BCUT2D eigenvalue weighted by Gasteiger charge is -2.24. The number of aromatic hydroxyl groups is 1. The van der Waals surface area contributed by atoms with Gasteiger partial charge in [0.15, 0.2) is 0 Å². The maximum Gasteiger partial charge on any atom is 0.295 e. The van der Waals surface area contributed by atoms with Crippen LogP contribution in [0.25, 0.3) is 5.76 Å². The van der Waals surface area contributed by atoms with Crippen molar-refractivity contribution in [3.63, 3.8) is 0 Å². The van der Waals surface area contributed by atoms with Crippen LogP contribution in [-0.2, 0) is 16.0 Å². The summed E-state index contributed by atoms with van der Waals surface area (Å²) in [6.45, 7) is 4.37. The van der Waals surface area contributed by atoms with Crippen LogP contribution < -0.4 is 0 Å². The van der Waals surface area contributed by atoms with Crippen LogP contribution in [0, 0.1) is 0 Å². The Morgan fingerprint density at radius 3 is 2.19 bits per heavy atom. The van der Waals surface area contributed by atoms with Gasteiger partial charge < -0.3 is 15.1 Å². The number of hydrogen-bond donors (Lipinski definition) is 2. The Bertz CT molecular complexity index is 882. The van der Waals surface area contributed by atoms with E-state index < -0.39 is 17.7 Å². The zero-order valence-corrected chi connectivity index (χ0v) is 15.5. The molecular weight excluding hydrogens is 342 g/mol. The maximum absolute atomic E-state index is 12.7. The summed E-state index contributed by atoms with van der Waals surface area (Å²) >= 11 is 0. The second-order valence-electron chi connectivity index (χ2n) is 6.63. The Labute approximate surface area is 158 Å². The number of rotatable bonds is 5. The Balaban J connectivity index is 2.14. The van der Waals surface area contributed by atoms with Crippen molar-refractivity contribution in [2.45, 2.75) is 32.7 Å². The first-order chi connectivity index (χ1) is 13.0. The molecule has 1 heterocycles. The topological polar surface area (TPSA) is 77.8 Å². The molecule has 1 atom stereocenters. The van der Waals surface area contributed by atoms with E-state index in [4.69, 9.17) is 0 Å². The molecule has 2 aromatic carbocycles. The van der Waals surface area contributed by atoms with Crippen LogP contribution in [0.5, 0.6) is 5.75 Å². The van der Waals surface area contributed by atoms with Crippen LogP contribution in [-0.4, -0.2) is 33.3 Å². The molecule has 3 rings (SSSR count). The lowest BCUT2D eigenvalue weighted by molar-refractivity contribution is -0.139. The van der Waals surface area contributed by atoms with Gasteiger partial charge in [-0.15, -0.1) is 0 Å². The molecule has 1 saturated heterocycles. The van der Waals surface area contributed by atoms with Crippen molar-refractivity contribution >= 4 is 17.4 Å². The summed E-state index contributed by atoms with van der Waals surface area (Å²) in [5, 5.41) is 20.4. The second kappa shape index (κ2) is 7.66. The van der Waals surface area contributed by atoms with E-state index in [1.54, 1.807) is 24.3 Å². The quantitative estimate of drug-likeness (QED) is 0.480. The molecule has 27 heavy (non-hydrogen) atoms. The largest absolute Gasteiger partial charge is 0.508 e. The molecule has 5 nitrogen and oxygen atoms in total. The highest BCUT2D eigenvalue weighted by Crippen LogP contribution is 2.39. The van der Waals surface area contributed by atoms with Gasteiger partial charge in [0.05, 0.1) is 11.6 Å². The molecule has 0 spiro atoms. The van der Waals surface area contributed by atoms with Gasteiger partial charge >= 0.3 is 0 Å². The van der Waals surface area contributed by atoms with Gasteiger partial charge in [-0.1, -0.05) is 50.2 Å². The number of aliphatic hydroxyl groups is 1. The molecule has 1 fully saturated rings. The number of hydrogen-bond acceptors (Lipinski definition) is 4. The summed E-state index contributed by atoms with van der Waals surface area (Å²) in [6, 6.07) is 13.0. The van der Waals surface area contributed by atoms with E-state index >= 15 is 0 Å². The van der Waals surface area contributed by atoms with Gasteiger partial charge in [0.1, 0.15) is 11.5 Å². The van der Waals surface area contributed by atoms with Gasteiger partial charge in [0, 0.05) is 12.1 Å². The number of carbonyl (C=O) groups excluding carboxylic acids is 2. The predicted molar refractivity (Wildman–Crippen MR) is 103 cm³/mol. The summed E-state index contributed by atoms with van der Waals surface area (Å²) in [6.07, 6.45) is 1.56.